The van der Waals surface area contributed by atoms with Crippen LogP contribution in [0.25, 0.3) is 22.3 Å². The number of nitrogens with zero attached hydrogens (tertiary/aromatic N) is 7. The molecular formula is C22H19ClFN9O. The predicted octanol–water partition coefficient (Wildman–Crippen LogP) is 3.56. The lowest BCUT2D eigenvalue weighted by Crippen LogP contribution is -2.26. The third kappa shape index (κ3) is 3.92. The van der Waals surface area contributed by atoms with Crippen LogP contribution in [0, 0.1) is 23.1 Å². The van der Waals surface area contributed by atoms with Crippen LogP contribution in [0.5, 0.6) is 0 Å². The number of nitrogens with one attached hydrogen (secondary N) is 2. The van der Waals surface area contributed by atoms with Gasteiger partial charge in [-0.05, 0) is 12.5 Å². The Hall–Kier alpha value is -4.04. The van der Waals surface area contributed by atoms with Gasteiger partial charge in [0.25, 0.3) is 0 Å². The number of aromatic amines is 1. The van der Waals surface area contributed by atoms with Crippen LogP contribution in [0.3, 0.4) is 0 Å². The van der Waals surface area contributed by atoms with Crippen LogP contribution in [0.4, 0.5) is 15.9 Å². The number of amides is 1. The molecule has 5 rings (SSSR count). The molecule has 0 saturated carbocycles. The first-order valence-corrected chi connectivity index (χ1v) is 11.0. The van der Waals surface area contributed by atoms with Gasteiger partial charge in [0.2, 0.25) is 6.41 Å². The number of aromatic nitrogens is 6. The summed E-state index contributed by atoms with van der Waals surface area (Å²) in [6.07, 6.45) is 8.43. The third-order valence-electron chi connectivity index (χ3n) is 6.07. The van der Waals surface area contributed by atoms with Crippen molar-refractivity contribution in [2.45, 2.75) is 18.9 Å². The second-order valence-corrected chi connectivity index (χ2v) is 8.35. The summed E-state index contributed by atoms with van der Waals surface area (Å²) in [4.78, 5) is 28.8. The van der Waals surface area contributed by atoms with Gasteiger partial charge in [-0.15, -0.1) is 0 Å². The number of rotatable bonds is 7. The second kappa shape index (κ2) is 9.07. The number of halogens is 2. The van der Waals surface area contributed by atoms with Crippen molar-refractivity contribution in [3.8, 4) is 17.3 Å². The van der Waals surface area contributed by atoms with Gasteiger partial charge < -0.3 is 15.2 Å². The Labute approximate surface area is 198 Å². The van der Waals surface area contributed by atoms with Crippen molar-refractivity contribution >= 4 is 40.5 Å². The van der Waals surface area contributed by atoms with Crippen LogP contribution < -0.4 is 10.2 Å². The number of carbonyl (C=O) groups is 1. The topological polar surface area (TPSA) is 128 Å². The summed E-state index contributed by atoms with van der Waals surface area (Å²) in [5.41, 5.74) is 2.57. The number of nitriles is 1. The summed E-state index contributed by atoms with van der Waals surface area (Å²) < 4.78 is 15.7. The minimum atomic E-state index is -0.710. The number of fused-ring (bicyclic) bond motifs is 1. The van der Waals surface area contributed by atoms with Gasteiger partial charge in [-0.3, -0.25) is 9.48 Å². The van der Waals surface area contributed by atoms with Gasteiger partial charge in [0.1, 0.15) is 12.0 Å². The van der Waals surface area contributed by atoms with E-state index in [0.29, 0.717) is 25.3 Å². The summed E-state index contributed by atoms with van der Waals surface area (Å²) >= 11 is 5.90. The highest BCUT2D eigenvalue weighted by Crippen LogP contribution is 2.36. The zero-order valence-corrected chi connectivity index (χ0v) is 18.6. The number of hydrogen-bond acceptors (Lipinski definition) is 7. The number of H-pyrrole nitrogens is 1. The molecule has 1 aliphatic heterocycles. The van der Waals surface area contributed by atoms with Crippen molar-refractivity contribution in [2.75, 3.05) is 23.3 Å². The molecule has 1 unspecified atom stereocenters. The van der Waals surface area contributed by atoms with E-state index in [1.807, 2.05) is 28.0 Å². The predicted molar refractivity (Wildman–Crippen MR) is 124 cm³/mol. The molecular weight excluding hydrogens is 461 g/mol. The molecule has 34 heavy (non-hydrogen) atoms. The van der Waals surface area contributed by atoms with E-state index < -0.39 is 5.82 Å². The molecule has 1 aliphatic rings. The van der Waals surface area contributed by atoms with E-state index in [-0.39, 0.29) is 29.2 Å². The molecule has 0 aliphatic carbocycles. The lowest BCUT2D eigenvalue weighted by atomic mass is 9.96. The molecule has 2 atom stereocenters. The summed E-state index contributed by atoms with van der Waals surface area (Å²) in [6.45, 7) is 1.15. The van der Waals surface area contributed by atoms with Crippen molar-refractivity contribution in [3.05, 3.63) is 48.0 Å². The van der Waals surface area contributed by atoms with Crippen molar-refractivity contribution in [3.63, 3.8) is 0 Å². The summed E-state index contributed by atoms with van der Waals surface area (Å²) in [7, 11) is 0. The van der Waals surface area contributed by atoms with E-state index in [9.17, 15) is 14.4 Å². The Kier molecular flexibility index (Phi) is 5.81. The van der Waals surface area contributed by atoms with E-state index in [1.165, 1.54) is 6.33 Å². The molecule has 5 heterocycles. The molecule has 0 aromatic carbocycles. The van der Waals surface area contributed by atoms with E-state index in [1.54, 1.807) is 6.20 Å². The molecule has 1 amide bonds. The van der Waals surface area contributed by atoms with Crippen molar-refractivity contribution in [1.29, 1.82) is 5.26 Å². The van der Waals surface area contributed by atoms with Crippen LogP contribution in [-0.2, 0) is 4.79 Å². The Bertz CT molecular complexity index is 1390. The van der Waals surface area contributed by atoms with E-state index >= 15 is 0 Å². The molecule has 0 radical (unpaired) electrons. The molecule has 172 valence electrons. The van der Waals surface area contributed by atoms with Gasteiger partial charge in [0.15, 0.2) is 16.8 Å². The molecule has 4 aromatic heterocycles. The second-order valence-electron chi connectivity index (χ2n) is 7.99. The molecule has 0 bridgehead atoms. The molecule has 12 heteroatoms. The maximum absolute atomic E-state index is 13.9. The van der Waals surface area contributed by atoms with E-state index in [4.69, 9.17) is 11.6 Å². The van der Waals surface area contributed by atoms with Gasteiger partial charge in [0.05, 0.1) is 36.1 Å². The fourth-order valence-electron chi connectivity index (χ4n) is 4.48. The molecule has 0 spiro atoms. The van der Waals surface area contributed by atoms with Crippen molar-refractivity contribution < 1.29 is 9.18 Å². The molecule has 10 nitrogen and oxygen atoms in total. The zero-order chi connectivity index (χ0) is 23.7. The maximum Gasteiger partial charge on any atom is 0.211 e. The van der Waals surface area contributed by atoms with Crippen LogP contribution in [0.15, 0.2) is 37.1 Å². The Morgan fingerprint density at radius 1 is 1.44 bits per heavy atom. The molecule has 1 fully saturated rings. The van der Waals surface area contributed by atoms with E-state index in [0.717, 1.165) is 34.8 Å². The quantitative estimate of drug-likeness (QED) is 0.306. The Morgan fingerprint density at radius 2 is 2.32 bits per heavy atom. The smallest absolute Gasteiger partial charge is 0.211 e. The van der Waals surface area contributed by atoms with Crippen molar-refractivity contribution in [1.82, 2.24) is 29.7 Å². The molecule has 2 N–H and O–H groups in total. The van der Waals surface area contributed by atoms with Crippen LogP contribution in [0.1, 0.15) is 18.9 Å². The highest BCUT2D eigenvalue weighted by Gasteiger charge is 2.33. The van der Waals surface area contributed by atoms with Crippen LogP contribution in [-0.4, -0.2) is 49.2 Å². The molecule has 4 aromatic rings. The number of pyridine rings is 1. The first kappa shape index (κ1) is 21.8. The van der Waals surface area contributed by atoms with Crippen LogP contribution >= 0.6 is 11.6 Å². The normalized spacial score (nSPS) is 16.5. The minimum absolute atomic E-state index is 0.0692. The minimum Gasteiger partial charge on any atom is -0.354 e. The number of anilines is 2. The van der Waals surface area contributed by atoms with Crippen molar-refractivity contribution in [2.24, 2.45) is 5.92 Å². The third-order valence-corrected chi connectivity index (χ3v) is 6.33. The molecule has 1 saturated heterocycles. The monoisotopic (exact) mass is 479 g/mol. The number of hydrogen-bond donors (Lipinski definition) is 2. The Balaban J connectivity index is 1.41. The Morgan fingerprint density at radius 3 is 3.15 bits per heavy atom. The van der Waals surface area contributed by atoms with Gasteiger partial charge in [-0.25, -0.2) is 19.3 Å². The first-order valence-electron chi connectivity index (χ1n) is 10.6. The van der Waals surface area contributed by atoms with E-state index in [2.05, 4.69) is 36.4 Å². The lowest BCUT2D eigenvalue weighted by molar-refractivity contribution is -0.105. The summed E-state index contributed by atoms with van der Waals surface area (Å²) in [5.74, 6) is -0.244. The fourth-order valence-corrected chi connectivity index (χ4v) is 4.61. The maximum atomic E-state index is 13.9. The average Bonchev–Trinajstić information content (AvgIpc) is 3.60. The lowest BCUT2D eigenvalue weighted by Gasteiger charge is -2.24. The zero-order valence-electron chi connectivity index (χ0n) is 17.8. The first-order chi connectivity index (χ1) is 16.6. The SMILES string of the molecule is N#CC[C@@H](C1CCN(c2nc(Cl)c(F)cc2NC=O)C1)n1cc(-c2ncnc3[nH]ccc23)cn1. The summed E-state index contributed by atoms with van der Waals surface area (Å²) in [5, 5.41) is 17.2. The highest BCUT2D eigenvalue weighted by molar-refractivity contribution is 6.29. The van der Waals surface area contributed by atoms with Gasteiger partial charge in [-0.1, -0.05) is 11.6 Å². The van der Waals surface area contributed by atoms with Gasteiger partial charge in [-0.2, -0.15) is 10.4 Å². The highest BCUT2D eigenvalue weighted by atomic mass is 35.5. The van der Waals surface area contributed by atoms with Gasteiger partial charge >= 0.3 is 0 Å². The average molecular weight is 480 g/mol. The van der Waals surface area contributed by atoms with Gasteiger partial charge in [0, 0.05) is 48.4 Å². The number of carbonyl (C=O) groups excluding carboxylic acids is 1. The summed E-state index contributed by atoms with van der Waals surface area (Å²) in [6, 6.07) is 5.14. The largest absolute Gasteiger partial charge is 0.354 e. The standard InChI is InChI=1S/C22H19ClFN9O/c23-20-16(24)7-17(29-12-34)22(31-20)32-6-3-13(9-32)18(1-4-25)33-10-14(8-30-33)19-15-2-5-26-21(15)28-11-27-19/h2,5,7-8,10-13,18H,1,3,6,9H2,(H,29,34)(H,26,27,28)/t13?,18-/m0/s1. The fraction of sp³-hybridized carbons (Fsp3) is 0.273. The van der Waals surface area contributed by atoms with Crippen LogP contribution in [0.2, 0.25) is 5.15 Å².